The van der Waals surface area contributed by atoms with E-state index in [0.29, 0.717) is 22.6 Å². The topological polar surface area (TPSA) is 73.5 Å². The highest BCUT2D eigenvalue weighted by atomic mass is 15.5. The molecule has 1 saturated carbocycles. The van der Waals surface area contributed by atoms with Gasteiger partial charge in [0, 0.05) is 38.8 Å². The molecule has 3 aliphatic rings. The first-order valence-corrected chi connectivity index (χ1v) is 9.82. The van der Waals surface area contributed by atoms with Crippen molar-refractivity contribution in [3.05, 3.63) is 6.33 Å². The lowest BCUT2D eigenvalue weighted by molar-refractivity contribution is 0.136. The van der Waals surface area contributed by atoms with Crippen LogP contribution in [0.1, 0.15) is 40.0 Å². The van der Waals surface area contributed by atoms with E-state index in [1.807, 2.05) is 0 Å². The van der Waals surface area contributed by atoms with Crippen molar-refractivity contribution in [2.24, 2.45) is 10.8 Å². The zero-order valence-electron chi connectivity index (χ0n) is 16.6. The third-order valence-corrected chi connectivity index (χ3v) is 6.32. The van der Waals surface area contributed by atoms with Gasteiger partial charge in [0.15, 0.2) is 11.6 Å². The smallest absolute Gasteiger partial charge is 0.169 e. The van der Waals surface area contributed by atoms with Gasteiger partial charge in [0.25, 0.3) is 0 Å². The molecule has 7 heteroatoms. The van der Waals surface area contributed by atoms with Crippen molar-refractivity contribution in [3.63, 3.8) is 0 Å². The van der Waals surface area contributed by atoms with E-state index in [9.17, 15) is 0 Å². The molecule has 3 N–H and O–H groups in total. The number of hydrogen-bond donors (Lipinski definition) is 2. The van der Waals surface area contributed by atoms with Crippen LogP contribution in [0.4, 0.5) is 17.3 Å². The van der Waals surface area contributed by atoms with Crippen molar-refractivity contribution in [1.82, 2.24) is 19.9 Å². The van der Waals surface area contributed by atoms with Gasteiger partial charge in [0.05, 0.1) is 0 Å². The van der Waals surface area contributed by atoms with Crippen LogP contribution in [0.15, 0.2) is 6.33 Å². The Balaban J connectivity index is 1.55. The summed E-state index contributed by atoms with van der Waals surface area (Å²) in [4.78, 5) is 13.8. The highest BCUT2D eigenvalue weighted by Crippen LogP contribution is 2.53. The number of hydrazine groups is 1. The summed E-state index contributed by atoms with van der Waals surface area (Å²) in [7, 11) is 2.15. The Morgan fingerprint density at radius 2 is 1.85 bits per heavy atom. The fourth-order valence-electron chi connectivity index (χ4n) is 5.48. The van der Waals surface area contributed by atoms with Crippen LogP contribution in [0.3, 0.4) is 0 Å². The maximum atomic E-state index is 6.53. The molecule has 1 aliphatic carbocycles. The van der Waals surface area contributed by atoms with Crippen molar-refractivity contribution in [2.75, 3.05) is 55.8 Å². The van der Waals surface area contributed by atoms with Crippen molar-refractivity contribution in [1.29, 1.82) is 0 Å². The van der Waals surface area contributed by atoms with Gasteiger partial charge < -0.3 is 21.0 Å². The molecule has 4 rings (SSSR count). The zero-order chi connectivity index (χ0) is 18.5. The zero-order valence-corrected chi connectivity index (χ0v) is 16.6. The number of nitrogens with one attached hydrogen (secondary N) is 1. The Labute approximate surface area is 156 Å². The summed E-state index contributed by atoms with van der Waals surface area (Å²) >= 11 is 0. The predicted octanol–water partition coefficient (Wildman–Crippen LogP) is 2.04. The minimum atomic E-state index is 0.356. The van der Waals surface area contributed by atoms with Gasteiger partial charge in [0.2, 0.25) is 0 Å². The molecule has 2 bridgehead atoms. The number of likely N-dealkylation sites (N-methyl/N-ethyl adjacent to an activating group) is 1. The lowest BCUT2D eigenvalue weighted by atomic mass is 9.65. The summed E-state index contributed by atoms with van der Waals surface area (Å²) in [5, 5.41) is 2.20. The van der Waals surface area contributed by atoms with E-state index in [4.69, 9.17) is 5.73 Å². The normalized spacial score (nSPS) is 32.0. The Bertz CT molecular complexity index is 668. The summed E-state index contributed by atoms with van der Waals surface area (Å²) in [6.07, 6.45) is 5.36. The number of aromatic nitrogens is 2. The lowest BCUT2D eigenvalue weighted by Gasteiger charge is -2.39. The third-order valence-electron chi connectivity index (χ3n) is 6.32. The summed E-state index contributed by atoms with van der Waals surface area (Å²) in [6, 6.07) is 0.525. The van der Waals surface area contributed by atoms with E-state index in [1.165, 1.54) is 19.3 Å². The molecular weight excluding hydrogens is 326 g/mol. The van der Waals surface area contributed by atoms with Crippen molar-refractivity contribution < 1.29 is 0 Å². The van der Waals surface area contributed by atoms with Crippen molar-refractivity contribution in [3.8, 4) is 0 Å². The van der Waals surface area contributed by atoms with Crippen molar-refractivity contribution >= 4 is 17.3 Å². The first-order chi connectivity index (χ1) is 12.2. The average Bonchev–Trinajstić information content (AvgIpc) is 2.80. The van der Waals surface area contributed by atoms with Crippen LogP contribution in [0, 0.1) is 10.8 Å². The number of rotatable bonds is 3. The number of fused-ring (bicyclic) bond motifs is 2. The van der Waals surface area contributed by atoms with Crippen LogP contribution in [0.2, 0.25) is 0 Å². The number of hydrogen-bond acceptors (Lipinski definition) is 7. The maximum absolute atomic E-state index is 6.53. The molecule has 3 heterocycles. The van der Waals surface area contributed by atoms with Gasteiger partial charge in [-0.3, -0.25) is 0 Å². The summed E-state index contributed by atoms with van der Waals surface area (Å²) < 4.78 is 0. The van der Waals surface area contributed by atoms with E-state index >= 15 is 0 Å². The highest BCUT2D eigenvalue weighted by molar-refractivity contribution is 5.75. The van der Waals surface area contributed by atoms with E-state index in [-0.39, 0.29) is 0 Å². The molecule has 0 amide bonds. The van der Waals surface area contributed by atoms with Crippen LogP contribution >= 0.6 is 0 Å². The molecule has 2 aliphatic heterocycles. The van der Waals surface area contributed by atoms with Crippen LogP contribution in [0.25, 0.3) is 0 Å². The van der Waals surface area contributed by atoms with Crippen molar-refractivity contribution in [2.45, 2.75) is 46.1 Å². The SMILES string of the molecule is CN1CCN(Nc2ncnc(N3CC4(C)CC3CC(C)(C)C4)c2N)CC1. The molecule has 0 spiro atoms. The first-order valence-electron chi connectivity index (χ1n) is 9.82. The molecule has 2 atom stereocenters. The number of anilines is 3. The van der Waals surface area contributed by atoms with E-state index < -0.39 is 0 Å². The molecule has 7 nitrogen and oxygen atoms in total. The minimum Gasteiger partial charge on any atom is -0.393 e. The van der Waals surface area contributed by atoms with E-state index in [1.54, 1.807) is 6.33 Å². The number of nitrogens with zero attached hydrogens (tertiary/aromatic N) is 5. The van der Waals surface area contributed by atoms with Crippen LogP contribution < -0.4 is 16.1 Å². The fourth-order valence-corrected chi connectivity index (χ4v) is 5.48. The highest BCUT2D eigenvalue weighted by Gasteiger charge is 2.50. The Kier molecular flexibility index (Phi) is 4.27. The number of piperazine rings is 1. The molecule has 144 valence electrons. The van der Waals surface area contributed by atoms with Crippen LogP contribution in [-0.4, -0.2) is 65.7 Å². The van der Waals surface area contributed by atoms with Gasteiger partial charge in [0.1, 0.15) is 12.0 Å². The standard InChI is InChI=1S/C19H33N7/c1-18(2)9-14-10-19(3,11-18)12-26(14)17-15(20)16(21-13-22-17)23-25-7-5-24(4)6-8-25/h13-14H,5-12,20H2,1-4H3,(H,21,22,23). The van der Waals surface area contributed by atoms with Crippen LogP contribution in [0.5, 0.6) is 0 Å². The van der Waals surface area contributed by atoms with Gasteiger partial charge in [-0.05, 0) is 37.1 Å². The lowest BCUT2D eigenvalue weighted by Crippen LogP contribution is -2.47. The second kappa shape index (κ2) is 6.23. The van der Waals surface area contributed by atoms with Gasteiger partial charge in [-0.15, -0.1) is 0 Å². The molecule has 1 aromatic rings. The fraction of sp³-hybridized carbons (Fsp3) is 0.789. The third kappa shape index (κ3) is 3.34. The molecule has 2 unspecified atom stereocenters. The summed E-state index contributed by atoms with van der Waals surface area (Å²) in [5.41, 5.74) is 11.4. The molecule has 1 aromatic heterocycles. The van der Waals surface area contributed by atoms with Gasteiger partial charge in [-0.2, -0.15) is 0 Å². The minimum absolute atomic E-state index is 0.356. The van der Waals surface area contributed by atoms with E-state index in [0.717, 1.165) is 44.4 Å². The molecule has 26 heavy (non-hydrogen) atoms. The Hall–Kier alpha value is -1.60. The first kappa shape index (κ1) is 17.8. The molecule has 0 aromatic carbocycles. The maximum Gasteiger partial charge on any atom is 0.169 e. The quantitative estimate of drug-likeness (QED) is 0.855. The monoisotopic (exact) mass is 359 g/mol. The second-order valence-corrected chi connectivity index (χ2v) is 9.70. The Morgan fingerprint density at radius 1 is 1.12 bits per heavy atom. The molecular formula is C19H33N7. The molecule has 3 fully saturated rings. The second-order valence-electron chi connectivity index (χ2n) is 9.70. The molecule has 0 radical (unpaired) electrons. The number of nitrogens with two attached hydrogens (primary N) is 1. The summed E-state index contributed by atoms with van der Waals surface area (Å²) in [6.45, 7) is 12.3. The predicted molar refractivity (Wildman–Crippen MR) is 106 cm³/mol. The largest absolute Gasteiger partial charge is 0.393 e. The molecule has 2 saturated heterocycles. The van der Waals surface area contributed by atoms with Gasteiger partial charge in [-0.1, -0.05) is 20.8 Å². The van der Waals surface area contributed by atoms with Gasteiger partial charge >= 0.3 is 0 Å². The number of nitrogen functional groups attached to an aromatic ring is 1. The van der Waals surface area contributed by atoms with Gasteiger partial charge in [-0.25, -0.2) is 15.0 Å². The Morgan fingerprint density at radius 3 is 2.58 bits per heavy atom. The average molecular weight is 360 g/mol. The summed E-state index contributed by atoms with van der Waals surface area (Å²) in [5.74, 6) is 1.65. The van der Waals surface area contributed by atoms with Crippen LogP contribution in [-0.2, 0) is 0 Å². The van der Waals surface area contributed by atoms with E-state index in [2.05, 4.69) is 58.0 Å².